The van der Waals surface area contributed by atoms with Crippen LogP contribution in [0, 0.1) is 36.5 Å². The molecule has 0 N–H and O–H groups in total. The summed E-state index contributed by atoms with van der Waals surface area (Å²) in [6.07, 6.45) is 3.12. The molecule has 35 heavy (non-hydrogen) atoms. The SMILES string of the molecule is Cc1cc(OC(=O)[C@H]2CC(=O)N(c3cccc(Cl)c3)C2)ccc1N1C(=O)[C@@H]2[C@H]3CC[C@@H](C3)[C@@H]2C1=O. The average Bonchev–Trinajstić information content (AvgIpc) is 3.58. The second kappa shape index (κ2) is 8.19. The maximum Gasteiger partial charge on any atom is 0.316 e. The van der Waals surface area contributed by atoms with Crippen LogP contribution in [-0.4, -0.2) is 30.2 Å². The number of fused-ring (bicyclic) bond motifs is 5. The van der Waals surface area contributed by atoms with Gasteiger partial charge in [-0.3, -0.25) is 19.2 Å². The summed E-state index contributed by atoms with van der Waals surface area (Å²) < 4.78 is 5.59. The maximum absolute atomic E-state index is 13.2. The van der Waals surface area contributed by atoms with E-state index in [1.165, 1.54) is 4.90 Å². The number of hydrogen-bond donors (Lipinski definition) is 0. The van der Waals surface area contributed by atoms with Gasteiger partial charge in [-0.25, -0.2) is 4.90 Å². The molecule has 2 bridgehead atoms. The molecular weight excluding hydrogens is 468 g/mol. The third-order valence-electron chi connectivity index (χ3n) is 8.13. The van der Waals surface area contributed by atoms with Crippen molar-refractivity contribution in [1.82, 2.24) is 0 Å². The normalized spacial score (nSPS) is 29.3. The molecule has 4 fully saturated rings. The molecule has 0 aromatic heterocycles. The van der Waals surface area contributed by atoms with E-state index in [2.05, 4.69) is 0 Å². The molecule has 5 atom stereocenters. The Balaban J connectivity index is 1.16. The number of aryl methyl sites for hydroxylation is 1. The summed E-state index contributed by atoms with van der Waals surface area (Å²) in [4.78, 5) is 54.5. The monoisotopic (exact) mass is 492 g/mol. The number of hydrogen-bond acceptors (Lipinski definition) is 5. The highest BCUT2D eigenvalue weighted by atomic mass is 35.5. The molecule has 0 radical (unpaired) electrons. The molecule has 2 aromatic carbocycles. The first-order valence-corrected chi connectivity index (χ1v) is 12.5. The van der Waals surface area contributed by atoms with Gasteiger partial charge in [0.2, 0.25) is 17.7 Å². The number of halogens is 1. The van der Waals surface area contributed by atoms with Crippen LogP contribution >= 0.6 is 11.6 Å². The highest BCUT2D eigenvalue weighted by Crippen LogP contribution is 2.56. The summed E-state index contributed by atoms with van der Waals surface area (Å²) in [5.74, 6) is -0.819. The van der Waals surface area contributed by atoms with Crippen LogP contribution in [0.3, 0.4) is 0 Å². The Bertz CT molecular complexity index is 1250. The molecule has 0 unspecified atom stereocenters. The van der Waals surface area contributed by atoms with Gasteiger partial charge in [0.1, 0.15) is 5.75 Å². The maximum atomic E-state index is 13.2. The summed E-state index contributed by atoms with van der Waals surface area (Å²) in [7, 11) is 0. The van der Waals surface area contributed by atoms with Gasteiger partial charge in [-0.2, -0.15) is 0 Å². The van der Waals surface area contributed by atoms with E-state index in [0.29, 0.717) is 39.5 Å². The standard InChI is InChI=1S/C27H25ClN2O5/c1-14-9-20(35-27(34)17-11-22(31)29(13-17)19-4-2-3-18(28)12-19)7-8-21(14)30-25(32)23-15-5-6-16(10-15)24(23)26(30)33/h2-4,7-9,12,15-17,23-24H,5-6,10-11,13H2,1H3/t15-,16-,17-,23-,24+/m0/s1. The van der Waals surface area contributed by atoms with Crippen molar-refractivity contribution in [3.05, 3.63) is 53.1 Å². The lowest BCUT2D eigenvalue weighted by molar-refractivity contribution is -0.139. The number of esters is 1. The average molecular weight is 493 g/mol. The van der Waals surface area contributed by atoms with Crippen LogP contribution in [0.4, 0.5) is 11.4 Å². The van der Waals surface area contributed by atoms with E-state index in [9.17, 15) is 19.2 Å². The van der Waals surface area contributed by atoms with Gasteiger partial charge >= 0.3 is 5.97 Å². The molecule has 2 aromatic rings. The van der Waals surface area contributed by atoms with E-state index < -0.39 is 11.9 Å². The number of benzene rings is 2. The van der Waals surface area contributed by atoms with Crippen molar-refractivity contribution in [1.29, 1.82) is 0 Å². The predicted octanol–water partition coefficient (Wildman–Crippen LogP) is 4.14. The molecule has 4 aliphatic rings. The van der Waals surface area contributed by atoms with Gasteiger partial charge < -0.3 is 9.64 Å². The number of rotatable bonds is 4. The molecule has 2 aliphatic carbocycles. The van der Waals surface area contributed by atoms with E-state index in [1.54, 1.807) is 54.3 Å². The number of carbonyl (C=O) groups excluding carboxylic acids is 4. The van der Waals surface area contributed by atoms with Gasteiger partial charge in [0, 0.05) is 23.7 Å². The van der Waals surface area contributed by atoms with Gasteiger partial charge in [0.25, 0.3) is 0 Å². The molecule has 0 spiro atoms. The first kappa shape index (κ1) is 22.3. The van der Waals surface area contributed by atoms with Gasteiger partial charge in [-0.05, 0) is 80.0 Å². The quantitative estimate of drug-likeness (QED) is 0.364. The van der Waals surface area contributed by atoms with Crippen molar-refractivity contribution in [3.8, 4) is 5.75 Å². The Labute approximate surface area is 208 Å². The van der Waals surface area contributed by atoms with Gasteiger partial charge in [-0.1, -0.05) is 17.7 Å². The van der Waals surface area contributed by atoms with Gasteiger partial charge in [-0.15, -0.1) is 0 Å². The lowest BCUT2D eigenvalue weighted by atomic mass is 9.81. The Morgan fingerprint density at radius 2 is 1.71 bits per heavy atom. The number of nitrogens with zero attached hydrogens (tertiary/aromatic N) is 2. The second-order valence-electron chi connectivity index (χ2n) is 10.2. The first-order chi connectivity index (χ1) is 16.8. The summed E-state index contributed by atoms with van der Waals surface area (Å²) in [6.45, 7) is 2.02. The Morgan fingerprint density at radius 1 is 1.00 bits per heavy atom. The molecule has 180 valence electrons. The predicted molar refractivity (Wildman–Crippen MR) is 129 cm³/mol. The van der Waals surface area contributed by atoms with E-state index >= 15 is 0 Å². The van der Waals surface area contributed by atoms with E-state index in [0.717, 1.165) is 19.3 Å². The Kier molecular flexibility index (Phi) is 5.22. The van der Waals surface area contributed by atoms with Crippen molar-refractivity contribution in [2.24, 2.45) is 29.6 Å². The van der Waals surface area contributed by atoms with Gasteiger partial charge in [0.05, 0.1) is 23.4 Å². The number of imide groups is 1. The fourth-order valence-electron chi connectivity index (χ4n) is 6.55. The fraction of sp³-hybridized carbons (Fsp3) is 0.407. The van der Waals surface area contributed by atoms with Gasteiger partial charge in [0.15, 0.2) is 0 Å². The Hall–Kier alpha value is -3.19. The zero-order chi connectivity index (χ0) is 24.4. The molecule has 2 saturated carbocycles. The highest BCUT2D eigenvalue weighted by Gasteiger charge is 2.61. The topological polar surface area (TPSA) is 84.0 Å². The van der Waals surface area contributed by atoms with Crippen LogP contribution in [-0.2, 0) is 19.2 Å². The third kappa shape index (κ3) is 3.56. The lowest BCUT2D eigenvalue weighted by Crippen LogP contribution is -2.33. The summed E-state index contributed by atoms with van der Waals surface area (Å²) in [5, 5.41) is 0.517. The summed E-state index contributed by atoms with van der Waals surface area (Å²) in [6, 6.07) is 11.9. The number of anilines is 2. The summed E-state index contributed by atoms with van der Waals surface area (Å²) in [5.41, 5.74) is 1.89. The molecule has 2 aliphatic heterocycles. The minimum absolute atomic E-state index is 0.0598. The smallest absolute Gasteiger partial charge is 0.316 e. The summed E-state index contributed by atoms with van der Waals surface area (Å²) >= 11 is 6.04. The van der Waals surface area contributed by atoms with Crippen molar-refractivity contribution >= 4 is 46.7 Å². The number of carbonyl (C=O) groups is 4. The number of amides is 3. The lowest BCUT2D eigenvalue weighted by Gasteiger charge is -2.20. The molecule has 2 saturated heterocycles. The second-order valence-corrected chi connectivity index (χ2v) is 10.6. The fourth-order valence-corrected chi connectivity index (χ4v) is 6.73. The molecule has 2 heterocycles. The zero-order valence-corrected chi connectivity index (χ0v) is 20.0. The van der Waals surface area contributed by atoms with E-state index in [4.69, 9.17) is 16.3 Å². The van der Waals surface area contributed by atoms with E-state index in [1.807, 2.05) is 0 Å². The Morgan fingerprint density at radius 3 is 2.37 bits per heavy atom. The number of ether oxygens (including phenoxy) is 1. The first-order valence-electron chi connectivity index (χ1n) is 12.1. The minimum atomic E-state index is -0.599. The highest BCUT2D eigenvalue weighted by molar-refractivity contribution is 6.31. The molecular formula is C27H25ClN2O5. The molecule has 6 rings (SSSR count). The van der Waals surface area contributed by atoms with Crippen LogP contribution < -0.4 is 14.5 Å². The van der Waals surface area contributed by atoms with Crippen LogP contribution in [0.5, 0.6) is 5.75 Å². The van der Waals surface area contributed by atoms with Crippen molar-refractivity contribution in [3.63, 3.8) is 0 Å². The largest absolute Gasteiger partial charge is 0.426 e. The molecule has 8 heteroatoms. The zero-order valence-electron chi connectivity index (χ0n) is 19.3. The molecule has 7 nitrogen and oxygen atoms in total. The van der Waals surface area contributed by atoms with Crippen LogP contribution in [0.25, 0.3) is 0 Å². The minimum Gasteiger partial charge on any atom is -0.426 e. The van der Waals surface area contributed by atoms with Crippen molar-refractivity contribution in [2.75, 3.05) is 16.3 Å². The van der Waals surface area contributed by atoms with E-state index in [-0.39, 0.29) is 42.5 Å². The van der Waals surface area contributed by atoms with Crippen molar-refractivity contribution in [2.45, 2.75) is 32.6 Å². The van der Waals surface area contributed by atoms with Crippen LogP contribution in [0.2, 0.25) is 5.02 Å². The van der Waals surface area contributed by atoms with Crippen LogP contribution in [0.1, 0.15) is 31.2 Å². The van der Waals surface area contributed by atoms with Crippen molar-refractivity contribution < 1.29 is 23.9 Å². The van der Waals surface area contributed by atoms with Crippen LogP contribution in [0.15, 0.2) is 42.5 Å². The third-order valence-corrected chi connectivity index (χ3v) is 8.37. The molecule has 3 amide bonds.